The van der Waals surface area contributed by atoms with E-state index in [1.165, 1.54) is 6.42 Å². The molecule has 5 heteroatoms. The fourth-order valence-electron chi connectivity index (χ4n) is 4.33. The van der Waals surface area contributed by atoms with E-state index in [2.05, 4.69) is 25.7 Å². The van der Waals surface area contributed by atoms with Crippen LogP contribution in [0.15, 0.2) is 0 Å². The summed E-state index contributed by atoms with van der Waals surface area (Å²) in [6.07, 6.45) is 3.15. The molecule has 1 saturated heterocycles. The lowest BCUT2D eigenvalue weighted by Gasteiger charge is -2.40. The highest BCUT2D eigenvalue weighted by molar-refractivity contribution is 5.79. The minimum atomic E-state index is 0.0422. The van der Waals surface area contributed by atoms with Crippen molar-refractivity contribution in [1.82, 2.24) is 9.80 Å². The Morgan fingerprint density at radius 1 is 1.26 bits per heavy atom. The summed E-state index contributed by atoms with van der Waals surface area (Å²) in [5.41, 5.74) is 0.243. The van der Waals surface area contributed by atoms with Crippen molar-refractivity contribution < 1.29 is 14.6 Å². The molecule has 5 nitrogen and oxygen atoms in total. The Hall–Kier alpha value is -0.650. The Morgan fingerprint density at radius 3 is 2.57 bits per heavy atom. The molecule has 1 amide bonds. The first-order valence-electron chi connectivity index (χ1n) is 9.11. The molecule has 2 fully saturated rings. The number of ether oxygens (including phenoxy) is 1. The van der Waals surface area contributed by atoms with Gasteiger partial charge in [-0.15, -0.1) is 0 Å². The van der Waals surface area contributed by atoms with Gasteiger partial charge in [0.2, 0.25) is 5.91 Å². The van der Waals surface area contributed by atoms with Gasteiger partial charge in [-0.25, -0.2) is 0 Å². The van der Waals surface area contributed by atoms with Crippen LogP contribution in [-0.4, -0.2) is 73.4 Å². The van der Waals surface area contributed by atoms with E-state index in [4.69, 9.17) is 4.74 Å². The molecule has 0 aromatic heterocycles. The highest BCUT2D eigenvalue weighted by atomic mass is 16.5. The zero-order chi connectivity index (χ0) is 16.9. The van der Waals surface area contributed by atoms with Gasteiger partial charge in [-0.3, -0.25) is 9.69 Å². The summed E-state index contributed by atoms with van der Waals surface area (Å²) in [6, 6.07) is 0. The van der Waals surface area contributed by atoms with Crippen molar-refractivity contribution in [1.29, 1.82) is 0 Å². The zero-order valence-corrected chi connectivity index (χ0v) is 15.1. The second-order valence-electron chi connectivity index (χ2n) is 8.11. The SMILES string of the molecule is CC1CC(C(=O)N(CCO)CCN2CCOCC2)CC(C)(C)C1. The van der Waals surface area contributed by atoms with E-state index >= 15 is 0 Å². The van der Waals surface area contributed by atoms with Crippen molar-refractivity contribution in [3.63, 3.8) is 0 Å². The summed E-state index contributed by atoms with van der Waals surface area (Å²) in [5.74, 6) is 0.958. The summed E-state index contributed by atoms with van der Waals surface area (Å²) in [6.45, 7) is 12.3. The predicted molar refractivity (Wildman–Crippen MR) is 91.2 cm³/mol. The third-order valence-corrected chi connectivity index (χ3v) is 5.21. The van der Waals surface area contributed by atoms with Crippen LogP contribution in [0.1, 0.15) is 40.0 Å². The second-order valence-corrected chi connectivity index (χ2v) is 8.11. The number of nitrogens with zero attached hydrogens (tertiary/aromatic N) is 2. The first-order chi connectivity index (χ1) is 10.9. The van der Waals surface area contributed by atoms with Gasteiger partial charge in [0.15, 0.2) is 0 Å². The molecule has 0 aromatic rings. The Kier molecular flexibility index (Phi) is 6.86. The van der Waals surface area contributed by atoms with Crippen LogP contribution in [0.3, 0.4) is 0 Å². The molecule has 1 N–H and O–H groups in total. The van der Waals surface area contributed by atoms with Crippen molar-refractivity contribution >= 4 is 5.91 Å². The molecule has 1 aliphatic carbocycles. The smallest absolute Gasteiger partial charge is 0.225 e. The lowest BCUT2D eigenvalue weighted by Crippen LogP contribution is -2.47. The number of carbonyl (C=O) groups excluding carboxylic acids is 1. The van der Waals surface area contributed by atoms with Crippen molar-refractivity contribution in [2.24, 2.45) is 17.3 Å². The fourth-order valence-corrected chi connectivity index (χ4v) is 4.33. The maximum Gasteiger partial charge on any atom is 0.225 e. The van der Waals surface area contributed by atoms with Crippen LogP contribution in [0.2, 0.25) is 0 Å². The summed E-state index contributed by atoms with van der Waals surface area (Å²) in [7, 11) is 0. The monoisotopic (exact) mass is 326 g/mol. The van der Waals surface area contributed by atoms with Crippen LogP contribution in [0.25, 0.3) is 0 Å². The lowest BCUT2D eigenvalue weighted by atomic mass is 9.67. The maximum atomic E-state index is 13.0. The van der Waals surface area contributed by atoms with Gasteiger partial charge in [-0.1, -0.05) is 20.8 Å². The summed E-state index contributed by atoms with van der Waals surface area (Å²) in [4.78, 5) is 17.2. The molecule has 2 rings (SSSR count). The number of amides is 1. The van der Waals surface area contributed by atoms with Gasteiger partial charge >= 0.3 is 0 Å². The van der Waals surface area contributed by atoms with Crippen molar-refractivity contribution in [2.45, 2.75) is 40.0 Å². The summed E-state index contributed by atoms with van der Waals surface area (Å²) < 4.78 is 5.37. The Bertz CT molecular complexity index is 380. The average molecular weight is 326 g/mol. The van der Waals surface area contributed by atoms with Gasteiger partial charge in [0.05, 0.1) is 19.8 Å². The van der Waals surface area contributed by atoms with Gasteiger partial charge < -0.3 is 14.7 Å². The number of hydrogen-bond acceptors (Lipinski definition) is 4. The number of carbonyl (C=O) groups is 1. The molecule has 1 aliphatic heterocycles. The zero-order valence-electron chi connectivity index (χ0n) is 15.1. The van der Waals surface area contributed by atoms with Crippen LogP contribution in [0.5, 0.6) is 0 Å². The van der Waals surface area contributed by atoms with Crippen LogP contribution < -0.4 is 0 Å². The van der Waals surface area contributed by atoms with E-state index in [9.17, 15) is 9.90 Å². The topological polar surface area (TPSA) is 53.0 Å². The van der Waals surface area contributed by atoms with Crippen LogP contribution in [0, 0.1) is 17.3 Å². The molecule has 0 bridgehead atoms. The van der Waals surface area contributed by atoms with E-state index in [1.54, 1.807) is 0 Å². The molecule has 0 spiro atoms. The molecular weight excluding hydrogens is 292 g/mol. The van der Waals surface area contributed by atoms with Crippen LogP contribution in [0.4, 0.5) is 0 Å². The van der Waals surface area contributed by atoms with E-state index in [0.29, 0.717) is 19.0 Å². The standard InChI is InChI=1S/C18H34N2O3/c1-15-12-16(14-18(2,3)13-15)17(22)20(6-9-21)5-4-19-7-10-23-11-8-19/h15-16,21H,4-14H2,1-3H3. The number of hydrogen-bond donors (Lipinski definition) is 1. The molecule has 134 valence electrons. The summed E-state index contributed by atoms with van der Waals surface area (Å²) >= 11 is 0. The minimum Gasteiger partial charge on any atom is -0.395 e. The number of aliphatic hydroxyl groups is 1. The maximum absolute atomic E-state index is 13.0. The van der Waals surface area contributed by atoms with E-state index < -0.39 is 0 Å². The molecule has 1 heterocycles. The quantitative estimate of drug-likeness (QED) is 0.805. The highest BCUT2D eigenvalue weighted by Gasteiger charge is 2.37. The fraction of sp³-hybridized carbons (Fsp3) is 0.944. The molecule has 0 radical (unpaired) electrons. The number of morpholine rings is 1. The van der Waals surface area contributed by atoms with Crippen molar-refractivity contribution in [2.75, 3.05) is 52.5 Å². The van der Waals surface area contributed by atoms with Gasteiger partial charge in [0.1, 0.15) is 0 Å². The molecule has 0 aromatic carbocycles. The van der Waals surface area contributed by atoms with Gasteiger partial charge in [0, 0.05) is 38.6 Å². The van der Waals surface area contributed by atoms with Crippen molar-refractivity contribution in [3.05, 3.63) is 0 Å². The van der Waals surface area contributed by atoms with Gasteiger partial charge in [-0.2, -0.15) is 0 Å². The van der Waals surface area contributed by atoms with Crippen LogP contribution >= 0.6 is 0 Å². The first kappa shape index (κ1) is 18.7. The summed E-state index contributed by atoms with van der Waals surface area (Å²) in [5, 5.41) is 9.35. The van der Waals surface area contributed by atoms with E-state index in [1.807, 2.05) is 4.90 Å². The average Bonchev–Trinajstić information content (AvgIpc) is 2.50. The predicted octanol–water partition coefficient (Wildman–Crippen LogP) is 1.60. The highest BCUT2D eigenvalue weighted by Crippen LogP contribution is 2.42. The minimum absolute atomic E-state index is 0.0422. The second kappa shape index (κ2) is 8.45. The first-order valence-corrected chi connectivity index (χ1v) is 9.11. The molecule has 1 saturated carbocycles. The molecule has 2 unspecified atom stereocenters. The Morgan fingerprint density at radius 2 is 1.96 bits per heavy atom. The van der Waals surface area contributed by atoms with E-state index in [-0.39, 0.29) is 23.8 Å². The van der Waals surface area contributed by atoms with Crippen LogP contribution in [-0.2, 0) is 9.53 Å². The Balaban J connectivity index is 1.91. The number of aliphatic hydroxyl groups excluding tert-OH is 1. The number of rotatable bonds is 6. The third kappa shape index (κ3) is 5.73. The Labute approximate surface area is 141 Å². The molecular formula is C18H34N2O3. The molecule has 23 heavy (non-hydrogen) atoms. The van der Waals surface area contributed by atoms with E-state index in [0.717, 1.165) is 45.7 Å². The lowest BCUT2D eigenvalue weighted by molar-refractivity contribution is -0.139. The molecule has 2 atom stereocenters. The largest absolute Gasteiger partial charge is 0.395 e. The van der Waals surface area contributed by atoms with Gasteiger partial charge in [0.25, 0.3) is 0 Å². The van der Waals surface area contributed by atoms with Crippen molar-refractivity contribution in [3.8, 4) is 0 Å². The van der Waals surface area contributed by atoms with Gasteiger partial charge in [-0.05, 0) is 30.6 Å². The molecule has 2 aliphatic rings. The normalized spacial score (nSPS) is 28.5. The third-order valence-electron chi connectivity index (χ3n) is 5.21.